The molecule has 1 aromatic carbocycles. The smallest absolute Gasteiger partial charge is 0.265 e. The number of rotatable bonds is 8. The first-order valence-corrected chi connectivity index (χ1v) is 8.32. The molecule has 5 nitrogen and oxygen atoms in total. The Kier molecular flexibility index (Phi) is 6.89. The standard InChI is InChI=1S/C15H20N2O3S/c1-3-7-14(12-16)11-10-13(2)17-20-21(18,19)15-8-5-4-6-9-15/h4-6,8-9,14H,3,7,10-11H2,1-2H3/b17-13+. The Hall–Kier alpha value is -1.87. The predicted octanol–water partition coefficient (Wildman–Crippen LogP) is 3.49. The lowest BCUT2D eigenvalue weighted by Gasteiger charge is -2.07. The molecule has 0 saturated carbocycles. The molecular formula is C15H20N2O3S. The van der Waals surface area contributed by atoms with E-state index >= 15 is 0 Å². The summed E-state index contributed by atoms with van der Waals surface area (Å²) in [5.74, 6) is -0.0223. The van der Waals surface area contributed by atoms with E-state index in [4.69, 9.17) is 5.26 Å². The fourth-order valence-corrected chi connectivity index (χ4v) is 2.60. The fourth-order valence-electron chi connectivity index (χ4n) is 1.79. The molecule has 0 aromatic heterocycles. The molecule has 0 radical (unpaired) electrons. The first-order valence-electron chi connectivity index (χ1n) is 6.91. The number of nitrogens with zero attached hydrogens (tertiary/aromatic N) is 2. The summed E-state index contributed by atoms with van der Waals surface area (Å²) >= 11 is 0. The van der Waals surface area contributed by atoms with Crippen molar-refractivity contribution in [2.24, 2.45) is 11.1 Å². The molecule has 0 aliphatic heterocycles. The summed E-state index contributed by atoms with van der Waals surface area (Å²) in [6.45, 7) is 3.72. The van der Waals surface area contributed by atoms with Gasteiger partial charge < -0.3 is 0 Å². The summed E-state index contributed by atoms with van der Waals surface area (Å²) in [5.41, 5.74) is 0.561. The summed E-state index contributed by atoms with van der Waals surface area (Å²) in [5, 5.41) is 12.6. The summed E-state index contributed by atoms with van der Waals surface area (Å²) < 4.78 is 28.4. The van der Waals surface area contributed by atoms with E-state index < -0.39 is 10.1 Å². The van der Waals surface area contributed by atoms with Crippen molar-refractivity contribution in [1.82, 2.24) is 0 Å². The highest BCUT2D eigenvalue weighted by atomic mass is 32.2. The minimum absolute atomic E-state index is 0.0223. The molecule has 0 heterocycles. The van der Waals surface area contributed by atoms with Crippen LogP contribution in [0.5, 0.6) is 0 Å². The van der Waals surface area contributed by atoms with Crippen LogP contribution < -0.4 is 0 Å². The second-order valence-electron chi connectivity index (χ2n) is 4.82. The van der Waals surface area contributed by atoms with Crippen LogP contribution in [-0.4, -0.2) is 14.1 Å². The summed E-state index contributed by atoms with van der Waals surface area (Å²) in [6.07, 6.45) is 3.00. The van der Waals surface area contributed by atoms with Crippen molar-refractivity contribution in [2.75, 3.05) is 0 Å². The van der Waals surface area contributed by atoms with Gasteiger partial charge >= 0.3 is 10.1 Å². The van der Waals surface area contributed by atoms with Crippen LogP contribution in [0, 0.1) is 17.2 Å². The Bertz CT molecular complexity index is 604. The Morgan fingerprint density at radius 1 is 1.33 bits per heavy atom. The van der Waals surface area contributed by atoms with E-state index in [9.17, 15) is 8.42 Å². The maximum Gasteiger partial charge on any atom is 0.358 e. The van der Waals surface area contributed by atoms with Crippen molar-refractivity contribution in [3.8, 4) is 6.07 Å². The molecule has 6 heteroatoms. The third-order valence-corrected chi connectivity index (χ3v) is 4.12. The van der Waals surface area contributed by atoms with Crippen molar-refractivity contribution in [1.29, 1.82) is 5.26 Å². The molecule has 0 aliphatic carbocycles. The maximum atomic E-state index is 11.9. The third-order valence-electron chi connectivity index (χ3n) is 3.00. The average molecular weight is 308 g/mol. The van der Waals surface area contributed by atoms with Gasteiger partial charge in [-0.1, -0.05) is 36.7 Å². The topological polar surface area (TPSA) is 79.5 Å². The number of oxime groups is 1. The Morgan fingerprint density at radius 3 is 2.57 bits per heavy atom. The Balaban J connectivity index is 2.58. The van der Waals surface area contributed by atoms with Gasteiger partial charge in [0, 0.05) is 5.92 Å². The molecular weight excluding hydrogens is 288 g/mol. The van der Waals surface area contributed by atoms with Crippen LogP contribution >= 0.6 is 0 Å². The van der Waals surface area contributed by atoms with Gasteiger partial charge in [0.25, 0.3) is 0 Å². The van der Waals surface area contributed by atoms with Crippen LogP contribution in [0.4, 0.5) is 0 Å². The molecule has 0 aliphatic rings. The third kappa shape index (κ3) is 5.96. The maximum absolute atomic E-state index is 11.9. The van der Waals surface area contributed by atoms with Crippen LogP contribution in [0.15, 0.2) is 40.4 Å². The summed E-state index contributed by atoms with van der Waals surface area (Å²) in [6, 6.07) is 10.1. The van der Waals surface area contributed by atoms with Crippen LogP contribution in [-0.2, 0) is 14.4 Å². The fraction of sp³-hybridized carbons (Fsp3) is 0.467. The van der Waals surface area contributed by atoms with E-state index in [0.29, 0.717) is 18.6 Å². The second kappa shape index (κ2) is 8.42. The van der Waals surface area contributed by atoms with Crippen molar-refractivity contribution in [3.63, 3.8) is 0 Å². The highest BCUT2D eigenvalue weighted by Gasteiger charge is 2.15. The second-order valence-corrected chi connectivity index (χ2v) is 6.35. The van der Waals surface area contributed by atoms with E-state index in [1.165, 1.54) is 12.1 Å². The van der Waals surface area contributed by atoms with E-state index in [1.807, 2.05) is 6.92 Å². The normalized spacial score (nSPS) is 13.5. The van der Waals surface area contributed by atoms with Crippen molar-refractivity contribution >= 4 is 15.8 Å². The lowest BCUT2D eigenvalue weighted by molar-refractivity contribution is 0.336. The SMILES string of the molecule is CCCC(C#N)CC/C(C)=N/OS(=O)(=O)c1ccccc1. The molecule has 1 atom stereocenters. The zero-order valence-electron chi connectivity index (χ0n) is 12.3. The van der Waals surface area contributed by atoms with Crippen molar-refractivity contribution in [3.05, 3.63) is 30.3 Å². The van der Waals surface area contributed by atoms with Crippen LogP contribution in [0.25, 0.3) is 0 Å². The molecule has 0 spiro atoms. The van der Waals surface area contributed by atoms with E-state index in [2.05, 4.69) is 15.5 Å². The van der Waals surface area contributed by atoms with Crippen LogP contribution in [0.2, 0.25) is 0 Å². The molecule has 114 valence electrons. The first kappa shape index (κ1) is 17.2. The molecule has 0 bridgehead atoms. The van der Waals surface area contributed by atoms with Gasteiger partial charge in [-0.25, -0.2) is 0 Å². The lowest BCUT2D eigenvalue weighted by atomic mass is 9.98. The van der Waals surface area contributed by atoms with Gasteiger partial charge in [0.1, 0.15) is 4.90 Å². The van der Waals surface area contributed by atoms with Gasteiger partial charge in [-0.2, -0.15) is 13.7 Å². The molecule has 0 N–H and O–H groups in total. The number of hydrogen-bond donors (Lipinski definition) is 0. The van der Waals surface area contributed by atoms with Crippen molar-refractivity contribution in [2.45, 2.75) is 44.4 Å². The highest BCUT2D eigenvalue weighted by Crippen LogP contribution is 2.14. The van der Waals surface area contributed by atoms with E-state index in [1.54, 1.807) is 25.1 Å². The largest absolute Gasteiger partial charge is 0.358 e. The zero-order valence-corrected chi connectivity index (χ0v) is 13.1. The van der Waals surface area contributed by atoms with Crippen LogP contribution in [0.3, 0.4) is 0 Å². The van der Waals surface area contributed by atoms with Gasteiger partial charge in [-0.15, -0.1) is 0 Å². The molecule has 1 unspecified atom stereocenters. The van der Waals surface area contributed by atoms with Gasteiger partial charge in [0.15, 0.2) is 0 Å². The molecule has 0 amide bonds. The molecule has 0 fully saturated rings. The minimum atomic E-state index is -3.86. The van der Waals surface area contributed by atoms with Gasteiger partial charge in [0.05, 0.1) is 11.8 Å². The molecule has 0 saturated heterocycles. The van der Waals surface area contributed by atoms with Crippen molar-refractivity contribution < 1.29 is 12.7 Å². The van der Waals surface area contributed by atoms with Crippen LogP contribution in [0.1, 0.15) is 39.5 Å². The highest BCUT2D eigenvalue weighted by molar-refractivity contribution is 7.86. The number of benzene rings is 1. The summed E-state index contributed by atoms with van der Waals surface area (Å²) in [7, 11) is -3.86. The first-order chi connectivity index (χ1) is 9.99. The van der Waals surface area contributed by atoms with E-state index in [-0.39, 0.29) is 10.8 Å². The Morgan fingerprint density at radius 2 is 2.00 bits per heavy atom. The van der Waals surface area contributed by atoms with E-state index in [0.717, 1.165) is 12.8 Å². The molecule has 1 aromatic rings. The van der Waals surface area contributed by atoms with Gasteiger partial charge in [-0.05, 0) is 38.3 Å². The number of hydrogen-bond acceptors (Lipinski definition) is 5. The quantitative estimate of drug-likeness (QED) is 0.544. The van der Waals surface area contributed by atoms with Gasteiger partial charge in [-0.3, -0.25) is 4.28 Å². The molecule has 1 rings (SSSR count). The zero-order chi connectivity index (χ0) is 15.7. The number of nitriles is 1. The summed E-state index contributed by atoms with van der Waals surface area (Å²) in [4.78, 5) is 0.0717. The lowest BCUT2D eigenvalue weighted by Crippen LogP contribution is -2.05. The van der Waals surface area contributed by atoms with Gasteiger partial charge in [0.2, 0.25) is 0 Å². The predicted molar refractivity (Wildman–Crippen MR) is 81.1 cm³/mol. The Labute approximate surface area is 126 Å². The monoisotopic (exact) mass is 308 g/mol. The average Bonchev–Trinajstić information content (AvgIpc) is 2.50. The minimum Gasteiger partial charge on any atom is -0.265 e. The molecule has 21 heavy (non-hydrogen) atoms.